The van der Waals surface area contributed by atoms with Gasteiger partial charge in [-0.05, 0) is 54.1 Å². The van der Waals surface area contributed by atoms with Crippen molar-refractivity contribution in [2.45, 2.75) is 4.90 Å². The summed E-state index contributed by atoms with van der Waals surface area (Å²) in [6, 6.07) is 16.4. The van der Waals surface area contributed by atoms with Crippen LogP contribution >= 0.6 is 0 Å². The van der Waals surface area contributed by atoms with Gasteiger partial charge in [-0.2, -0.15) is 9.73 Å². The molecule has 26 heavy (non-hydrogen) atoms. The molecule has 0 fully saturated rings. The summed E-state index contributed by atoms with van der Waals surface area (Å²) in [5.41, 5.74) is 3.79. The van der Waals surface area contributed by atoms with Crippen molar-refractivity contribution in [1.29, 1.82) is 0 Å². The topological polar surface area (TPSA) is 64.3 Å². The average molecular weight is 367 g/mol. The van der Waals surface area contributed by atoms with E-state index in [1.165, 1.54) is 23.0 Å². The standard InChI is InChI=1S/C19H14FN3O2S/c1-26(24,25)16-10-6-13(7-11-16)18-17-3-2-12-21-23(17)22-19(18)14-4-8-15(20)9-5-14/h2-12H,1H3. The van der Waals surface area contributed by atoms with Crippen LogP contribution in [0.15, 0.2) is 71.8 Å². The van der Waals surface area contributed by atoms with Crippen LogP contribution in [-0.2, 0) is 9.84 Å². The second-order valence-corrected chi connectivity index (χ2v) is 7.94. The maximum absolute atomic E-state index is 13.3. The fourth-order valence-electron chi connectivity index (χ4n) is 2.86. The van der Waals surface area contributed by atoms with Crippen LogP contribution in [0, 0.1) is 5.82 Å². The van der Waals surface area contributed by atoms with E-state index in [0.29, 0.717) is 5.69 Å². The second kappa shape index (κ2) is 6.03. The molecule has 0 saturated carbocycles. The Hall–Kier alpha value is -3.06. The predicted molar refractivity (Wildman–Crippen MR) is 96.9 cm³/mol. The molecule has 0 saturated heterocycles. The van der Waals surface area contributed by atoms with E-state index in [0.717, 1.165) is 22.2 Å². The van der Waals surface area contributed by atoms with Crippen molar-refractivity contribution in [3.63, 3.8) is 0 Å². The molecule has 0 spiro atoms. The molecule has 0 amide bonds. The number of fused-ring (bicyclic) bond motifs is 1. The highest BCUT2D eigenvalue weighted by Crippen LogP contribution is 2.35. The highest BCUT2D eigenvalue weighted by Gasteiger charge is 2.17. The van der Waals surface area contributed by atoms with Crippen LogP contribution in [-0.4, -0.2) is 29.5 Å². The Kier molecular flexibility index (Phi) is 3.81. The summed E-state index contributed by atoms with van der Waals surface area (Å²) in [5, 5.41) is 8.75. The van der Waals surface area contributed by atoms with Crippen LogP contribution in [0.2, 0.25) is 0 Å². The molecule has 0 aliphatic carbocycles. The Morgan fingerprint density at radius 2 is 1.58 bits per heavy atom. The largest absolute Gasteiger partial charge is 0.224 e. The first-order valence-corrected chi connectivity index (χ1v) is 9.73. The molecule has 2 aromatic carbocycles. The van der Waals surface area contributed by atoms with Crippen LogP contribution in [0.3, 0.4) is 0 Å². The van der Waals surface area contributed by atoms with Crippen molar-refractivity contribution in [1.82, 2.24) is 14.8 Å². The number of rotatable bonds is 3. The molecule has 2 aromatic heterocycles. The Balaban J connectivity index is 1.96. The Morgan fingerprint density at radius 1 is 0.923 bits per heavy atom. The lowest BCUT2D eigenvalue weighted by molar-refractivity contribution is 0.602. The van der Waals surface area contributed by atoms with Gasteiger partial charge in [-0.25, -0.2) is 12.8 Å². The number of hydrogen-bond donors (Lipinski definition) is 0. The van der Waals surface area contributed by atoms with Gasteiger partial charge in [0, 0.05) is 23.6 Å². The van der Waals surface area contributed by atoms with Gasteiger partial charge in [0.2, 0.25) is 0 Å². The van der Waals surface area contributed by atoms with E-state index in [9.17, 15) is 12.8 Å². The molecule has 7 heteroatoms. The van der Waals surface area contributed by atoms with Crippen LogP contribution in [0.5, 0.6) is 0 Å². The first kappa shape index (κ1) is 16.4. The summed E-state index contributed by atoms with van der Waals surface area (Å²) in [4.78, 5) is 0.249. The first-order chi connectivity index (χ1) is 12.4. The van der Waals surface area contributed by atoms with E-state index in [-0.39, 0.29) is 10.7 Å². The number of aromatic nitrogens is 3. The van der Waals surface area contributed by atoms with Gasteiger partial charge in [-0.1, -0.05) is 12.1 Å². The minimum Gasteiger partial charge on any atom is -0.224 e. The van der Waals surface area contributed by atoms with Gasteiger partial charge in [0.25, 0.3) is 0 Å². The number of sulfone groups is 1. The number of benzene rings is 2. The van der Waals surface area contributed by atoms with Crippen molar-refractivity contribution >= 4 is 15.4 Å². The fourth-order valence-corrected chi connectivity index (χ4v) is 3.49. The van der Waals surface area contributed by atoms with E-state index in [1.807, 2.05) is 6.07 Å². The Labute approximate surface area is 149 Å². The number of nitrogens with zero attached hydrogens (tertiary/aromatic N) is 3. The van der Waals surface area contributed by atoms with Crippen molar-refractivity contribution in [2.24, 2.45) is 0 Å². The zero-order valence-corrected chi connectivity index (χ0v) is 14.6. The molecule has 0 N–H and O–H groups in total. The molecule has 0 aliphatic rings. The van der Waals surface area contributed by atoms with Gasteiger partial charge in [-0.3, -0.25) is 0 Å². The Bertz CT molecular complexity index is 1200. The van der Waals surface area contributed by atoms with Crippen LogP contribution < -0.4 is 0 Å². The maximum Gasteiger partial charge on any atom is 0.175 e. The summed E-state index contributed by atoms with van der Waals surface area (Å²) >= 11 is 0. The molecule has 2 heterocycles. The smallest absolute Gasteiger partial charge is 0.175 e. The first-order valence-electron chi connectivity index (χ1n) is 7.84. The number of hydrogen-bond acceptors (Lipinski definition) is 4. The second-order valence-electron chi connectivity index (χ2n) is 5.93. The summed E-state index contributed by atoms with van der Waals surface area (Å²) < 4.78 is 38.2. The third-order valence-corrected chi connectivity index (χ3v) is 5.24. The molecule has 0 radical (unpaired) electrons. The molecule has 4 aromatic rings. The van der Waals surface area contributed by atoms with E-state index in [2.05, 4.69) is 10.2 Å². The van der Waals surface area contributed by atoms with Crippen LogP contribution in [0.25, 0.3) is 27.9 Å². The highest BCUT2D eigenvalue weighted by molar-refractivity contribution is 7.90. The molecule has 0 atom stereocenters. The summed E-state index contributed by atoms with van der Waals surface area (Å²) in [7, 11) is -3.27. The molecule has 5 nitrogen and oxygen atoms in total. The van der Waals surface area contributed by atoms with E-state index in [4.69, 9.17) is 0 Å². The van der Waals surface area contributed by atoms with Gasteiger partial charge < -0.3 is 0 Å². The Morgan fingerprint density at radius 3 is 2.23 bits per heavy atom. The monoisotopic (exact) mass is 367 g/mol. The lowest BCUT2D eigenvalue weighted by Gasteiger charge is -2.05. The quantitative estimate of drug-likeness (QED) is 0.555. The lowest BCUT2D eigenvalue weighted by atomic mass is 10.00. The minimum atomic E-state index is -3.27. The normalized spacial score (nSPS) is 11.8. The predicted octanol–water partition coefficient (Wildman–Crippen LogP) is 3.61. The van der Waals surface area contributed by atoms with Gasteiger partial charge in [-0.15, -0.1) is 5.10 Å². The van der Waals surface area contributed by atoms with Gasteiger partial charge in [0.1, 0.15) is 11.5 Å². The van der Waals surface area contributed by atoms with Gasteiger partial charge in [0.15, 0.2) is 9.84 Å². The average Bonchev–Trinajstić information content (AvgIpc) is 3.01. The third kappa shape index (κ3) is 2.86. The molecule has 130 valence electrons. The van der Waals surface area contributed by atoms with Crippen LogP contribution in [0.4, 0.5) is 4.39 Å². The summed E-state index contributed by atoms with van der Waals surface area (Å²) in [6.45, 7) is 0. The van der Waals surface area contributed by atoms with Crippen LogP contribution in [0.1, 0.15) is 0 Å². The molecule has 4 rings (SSSR count). The van der Waals surface area contributed by atoms with E-state index in [1.54, 1.807) is 48.7 Å². The fraction of sp³-hybridized carbons (Fsp3) is 0.0526. The maximum atomic E-state index is 13.3. The SMILES string of the molecule is CS(=O)(=O)c1ccc(-c2c(-c3ccc(F)cc3)nn3ncccc23)cc1. The molecular weight excluding hydrogens is 353 g/mol. The zero-order valence-electron chi connectivity index (χ0n) is 13.8. The van der Waals surface area contributed by atoms with Gasteiger partial charge >= 0.3 is 0 Å². The molecular formula is C19H14FN3O2S. The van der Waals surface area contributed by atoms with E-state index < -0.39 is 9.84 Å². The minimum absolute atomic E-state index is 0.249. The van der Waals surface area contributed by atoms with Crippen molar-refractivity contribution in [2.75, 3.05) is 6.26 Å². The molecule has 0 bridgehead atoms. The van der Waals surface area contributed by atoms with Crippen molar-refractivity contribution < 1.29 is 12.8 Å². The van der Waals surface area contributed by atoms with Crippen molar-refractivity contribution in [3.05, 3.63) is 72.7 Å². The molecule has 0 aliphatic heterocycles. The highest BCUT2D eigenvalue weighted by atomic mass is 32.2. The lowest BCUT2D eigenvalue weighted by Crippen LogP contribution is -1.96. The van der Waals surface area contributed by atoms with E-state index >= 15 is 0 Å². The summed E-state index contributed by atoms with van der Waals surface area (Å²) in [5.74, 6) is -0.324. The van der Waals surface area contributed by atoms with Crippen molar-refractivity contribution in [3.8, 4) is 22.4 Å². The number of halogens is 1. The zero-order chi connectivity index (χ0) is 18.3. The summed E-state index contributed by atoms with van der Waals surface area (Å²) in [6.07, 6.45) is 2.80. The molecule has 0 unspecified atom stereocenters. The van der Waals surface area contributed by atoms with Gasteiger partial charge in [0.05, 0.1) is 10.4 Å². The third-order valence-electron chi connectivity index (χ3n) is 4.11.